The van der Waals surface area contributed by atoms with E-state index in [1.807, 2.05) is 20.8 Å². The van der Waals surface area contributed by atoms with Gasteiger partial charge in [0.25, 0.3) is 0 Å². The molecule has 0 saturated carbocycles. The van der Waals surface area contributed by atoms with E-state index in [0.717, 1.165) is 38.5 Å². The number of unbranched alkanes of at least 4 members (excludes halogenated alkanes) is 3. The Hall–Kier alpha value is -0.980. The Labute approximate surface area is 171 Å². The third-order valence-corrected chi connectivity index (χ3v) is 5.41. The fourth-order valence-corrected chi connectivity index (χ4v) is 3.59. The first-order valence-corrected chi connectivity index (χ1v) is 10.9. The van der Waals surface area contributed by atoms with Crippen LogP contribution < -0.4 is 0 Å². The van der Waals surface area contributed by atoms with Crippen LogP contribution in [0.25, 0.3) is 0 Å². The summed E-state index contributed by atoms with van der Waals surface area (Å²) in [5.74, 6) is -1.53. The second-order valence-corrected chi connectivity index (χ2v) is 7.53. The predicted octanol–water partition coefficient (Wildman–Crippen LogP) is 4.63. The lowest BCUT2D eigenvalue weighted by Crippen LogP contribution is -2.59. The molecule has 1 N–H and O–H groups in total. The van der Waals surface area contributed by atoms with Gasteiger partial charge in [-0.05, 0) is 40.0 Å². The molecule has 0 aromatic carbocycles. The maximum absolute atomic E-state index is 13.3. The Morgan fingerprint density at radius 1 is 0.750 bits per heavy atom. The smallest absolute Gasteiger partial charge is 0.310 e. The number of carboxylic acid groups (broad SMARTS) is 1. The summed E-state index contributed by atoms with van der Waals surface area (Å²) in [7, 11) is 0. The first-order chi connectivity index (χ1) is 13.3. The predicted molar refractivity (Wildman–Crippen MR) is 111 cm³/mol. The molecular formula is C22H42O6. The molecule has 0 heterocycles. The molecule has 0 radical (unpaired) electrons. The molecule has 0 rings (SSSR count). The van der Waals surface area contributed by atoms with E-state index < -0.39 is 41.9 Å². The van der Waals surface area contributed by atoms with Crippen molar-refractivity contribution in [1.29, 1.82) is 0 Å². The number of carboxylic acids is 1. The third kappa shape index (κ3) is 8.18. The van der Waals surface area contributed by atoms with Gasteiger partial charge in [0.2, 0.25) is 0 Å². The molecule has 0 aromatic rings. The summed E-state index contributed by atoms with van der Waals surface area (Å²) < 4.78 is 18.1. The number of hydrogen-bond donors (Lipinski definition) is 1. The zero-order chi connectivity index (χ0) is 21.6. The summed E-state index contributed by atoms with van der Waals surface area (Å²) in [5.41, 5.74) is -1.17. The summed E-state index contributed by atoms with van der Waals surface area (Å²) in [6, 6.07) is 0. The molecular weight excluding hydrogens is 360 g/mol. The average Bonchev–Trinajstić information content (AvgIpc) is 2.62. The van der Waals surface area contributed by atoms with Crippen LogP contribution in [0.3, 0.4) is 0 Å². The quantitative estimate of drug-likeness (QED) is 0.266. The number of ether oxygens (including phenoxy) is 3. The lowest BCUT2D eigenvalue weighted by atomic mass is 9.69. The number of carbonyl (C=O) groups is 2. The molecule has 0 saturated heterocycles. The van der Waals surface area contributed by atoms with Gasteiger partial charge in [-0.15, -0.1) is 0 Å². The molecule has 0 spiro atoms. The van der Waals surface area contributed by atoms with Gasteiger partial charge in [-0.3, -0.25) is 9.59 Å². The van der Waals surface area contributed by atoms with Crippen molar-refractivity contribution in [3.63, 3.8) is 0 Å². The van der Waals surface area contributed by atoms with E-state index in [2.05, 4.69) is 20.8 Å². The molecule has 0 aliphatic heterocycles. The van der Waals surface area contributed by atoms with Crippen molar-refractivity contribution in [2.24, 2.45) is 5.41 Å². The highest BCUT2D eigenvalue weighted by Gasteiger charge is 2.54. The highest BCUT2D eigenvalue weighted by molar-refractivity contribution is 5.99. The highest BCUT2D eigenvalue weighted by atomic mass is 16.5. The summed E-state index contributed by atoms with van der Waals surface area (Å²) in [6.45, 7) is 13.3. The van der Waals surface area contributed by atoms with Crippen LogP contribution in [0.5, 0.6) is 0 Å². The zero-order valence-electron chi connectivity index (χ0n) is 18.8. The standard InChI is InChI=1S/C22H42O6/c1-7-10-13-26-17(4)22(20(23)16-21(24)25,18(5)27-14-11-8-2)19(6)28-15-12-9-3/h17-19H,7-16H2,1-6H3,(H,24,25). The fraction of sp³-hybridized carbons (Fsp3) is 0.909. The molecule has 3 atom stereocenters. The number of hydrogen-bond acceptors (Lipinski definition) is 5. The molecule has 6 nitrogen and oxygen atoms in total. The van der Waals surface area contributed by atoms with Gasteiger partial charge in [-0.25, -0.2) is 0 Å². The maximum Gasteiger partial charge on any atom is 0.310 e. The van der Waals surface area contributed by atoms with Crippen LogP contribution in [-0.4, -0.2) is 55.0 Å². The van der Waals surface area contributed by atoms with E-state index in [0.29, 0.717) is 19.8 Å². The van der Waals surface area contributed by atoms with E-state index in [9.17, 15) is 14.7 Å². The Bertz CT molecular complexity index is 396. The van der Waals surface area contributed by atoms with Gasteiger partial charge in [0.15, 0.2) is 5.78 Å². The van der Waals surface area contributed by atoms with Crippen LogP contribution in [0.2, 0.25) is 0 Å². The average molecular weight is 403 g/mol. The second kappa shape index (κ2) is 14.9. The first kappa shape index (κ1) is 27.0. The van der Waals surface area contributed by atoms with Crippen molar-refractivity contribution in [3.8, 4) is 0 Å². The van der Waals surface area contributed by atoms with Gasteiger partial charge in [-0.2, -0.15) is 0 Å². The zero-order valence-corrected chi connectivity index (χ0v) is 18.8. The molecule has 0 aliphatic rings. The normalized spacial score (nSPS) is 16.9. The molecule has 3 unspecified atom stereocenters. The summed E-state index contributed by atoms with van der Waals surface area (Å²) in [6.07, 6.45) is 3.47. The molecule has 0 aliphatic carbocycles. The third-order valence-electron chi connectivity index (χ3n) is 5.41. The molecule has 28 heavy (non-hydrogen) atoms. The number of rotatable bonds is 18. The van der Waals surface area contributed by atoms with Crippen molar-refractivity contribution >= 4 is 11.8 Å². The van der Waals surface area contributed by atoms with Crippen molar-refractivity contribution in [2.45, 2.75) is 105 Å². The molecule has 0 amide bonds. The van der Waals surface area contributed by atoms with Gasteiger partial charge < -0.3 is 19.3 Å². The number of ketones is 1. The Balaban J connectivity index is 5.84. The maximum atomic E-state index is 13.3. The van der Waals surface area contributed by atoms with Gasteiger partial charge in [-0.1, -0.05) is 40.0 Å². The van der Waals surface area contributed by atoms with E-state index in [1.165, 1.54) is 0 Å². The molecule has 0 fully saturated rings. The lowest BCUT2D eigenvalue weighted by Gasteiger charge is -2.45. The highest BCUT2D eigenvalue weighted by Crippen LogP contribution is 2.39. The van der Waals surface area contributed by atoms with Crippen LogP contribution in [0.1, 0.15) is 86.5 Å². The topological polar surface area (TPSA) is 82.1 Å². The van der Waals surface area contributed by atoms with Crippen molar-refractivity contribution in [2.75, 3.05) is 19.8 Å². The number of carbonyl (C=O) groups excluding carboxylic acids is 1. The second-order valence-electron chi connectivity index (χ2n) is 7.53. The van der Waals surface area contributed by atoms with Crippen LogP contribution in [0.4, 0.5) is 0 Å². The van der Waals surface area contributed by atoms with Crippen LogP contribution in [0.15, 0.2) is 0 Å². The van der Waals surface area contributed by atoms with Crippen molar-refractivity contribution < 1.29 is 28.9 Å². The molecule has 6 heteroatoms. The Morgan fingerprint density at radius 2 is 1.07 bits per heavy atom. The fourth-order valence-electron chi connectivity index (χ4n) is 3.59. The van der Waals surface area contributed by atoms with E-state index in [-0.39, 0.29) is 0 Å². The van der Waals surface area contributed by atoms with Crippen LogP contribution >= 0.6 is 0 Å². The minimum Gasteiger partial charge on any atom is -0.481 e. The monoisotopic (exact) mass is 402 g/mol. The number of Topliss-reactive ketones (excluding diaryl/α,β-unsaturated/α-hetero) is 1. The van der Waals surface area contributed by atoms with Crippen molar-refractivity contribution in [1.82, 2.24) is 0 Å². The summed E-state index contributed by atoms with van der Waals surface area (Å²) >= 11 is 0. The summed E-state index contributed by atoms with van der Waals surface area (Å²) in [5, 5.41) is 9.29. The van der Waals surface area contributed by atoms with E-state index >= 15 is 0 Å². The first-order valence-electron chi connectivity index (χ1n) is 10.9. The largest absolute Gasteiger partial charge is 0.481 e. The lowest BCUT2D eigenvalue weighted by molar-refractivity contribution is -0.187. The number of aliphatic carboxylic acids is 1. The molecule has 0 aromatic heterocycles. The van der Waals surface area contributed by atoms with Gasteiger partial charge in [0.05, 0.1) is 18.3 Å². The Morgan fingerprint density at radius 3 is 1.32 bits per heavy atom. The molecule has 166 valence electrons. The van der Waals surface area contributed by atoms with Crippen molar-refractivity contribution in [3.05, 3.63) is 0 Å². The minimum atomic E-state index is -1.17. The minimum absolute atomic E-state index is 0.392. The SMILES string of the molecule is CCCCOC(C)C(C(=O)CC(=O)O)(C(C)OCCCC)C(C)OCCCC. The molecule has 0 bridgehead atoms. The van der Waals surface area contributed by atoms with Crippen LogP contribution in [0, 0.1) is 5.41 Å². The van der Waals surface area contributed by atoms with Gasteiger partial charge >= 0.3 is 5.97 Å². The van der Waals surface area contributed by atoms with E-state index in [4.69, 9.17) is 14.2 Å². The van der Waals surface area contributed by atoms with Crippen LogP contribution in [-0.2, 0) is 23.8 Å². The Kier molecular flexibility index (Phi) is 14.4. The van der Waals surface area contributed by atoms with Gasteiger partial charge in [0, 0.05) is 19.8 Å². The van der Waals surface area contributed by atoms with E-state index in [1.54, 1.807) is 0 Å². The summed E-state index contributed by atoms with van der Waals surface area (Å²) in [4.78, 5) is 24.6. The van der Waals surface area contributed by atoms with Gasteiger partial charge in [0.1, 0.15) is 11.8 Å².